The number of aromatic nitrogens is 2. The highest BCUT2D eigenvalue weighted by atomic mass is 32.2. The van der Waals surface area contributed by atoms with Crippen molar-refractivity contribution in [3.8, 4) is 0 Å². The summed E-state index contributed by atoms with van der Waals surface area (Å²) in [4.78, 5) is 56.4. The van der Waals surface area contributed by atoms with Gasteiger partial charge in [-0.15, -0.1) is 23.5 Å². The number of carbonyl (C=O) groups is 2. The van der Waals surface area contributed by atoms with Gasteiger partial charge in [0.1, 0.15) is 11.4 Å². The Kier molecular flexibility index (Phi) is 7.09. The number of fused-ring (bicyclic) bond motifs is 2. The van der Waals surface area contributed by atoms with Crippen molar-refractivity contribution in [3.63, 3.8) is 0 Å². The van der Waals surface area contributed by atoms with Crippen LogP contribution in [-0.4, -0.2) is 47.6 Å². The van der Waals surface area contributed by atoms with E-state index in [1.807, 2.05) is 12.1 Å². The van der Waals surface area contributed by atoms with E-state index in [0.717, 1.165) is 9.79 Å². The monoisotopic (exact) mass is 496 g/mol. The predicted octanol–water partition coefficient (Wildman–Crippen LogP) is 3.83. The van der Waals surface area contributed by atoms with E-state index in [9.17, 15) is 19.2 Å². The second-order valence-corrected chi connectivity index (χ2v) is 9.41. The Labute approximate surface area is 202 Å². The molecule has 2 aromatic heterocycles. The zero-order valence-corrected chi connectivity index (χ0v) is 19.9. The lowest BCUT2D eigenvalue weighted by molar-refractivity contribution is 0.0585. The van der Waals surface area contributed by atoms with Gasteiger partial charge in [-0.2, -0.15) is 0 Å². The molecule has 0 fully saturated rings. The minimum Gasteiger partial charge on any atom is -0.464 e. The molecule has 2 heterocycles. The van der Waals surface area contributed by atoms with Crippen LogP contribution in [0.15, 0.2) is 67.9 Å². The third-order valence-corrected chi connectivity index (χ3v) is 7.44. The summed E-state index contributed by atoms with van der Waals surface area (Å²) in [5.41, 5.74) is 0.858. The molecule has 174 valence electrons. The van der Waals surface area contributed by atoms with Crippen molar-refractivity contribution < 1.29 is 19.1 Å². The SMILES string of the molecule is COC(=O)c1cc(=O)c2cccc(SCCSc3cccc4c(=O)cc(C(=O)OC)[nH]c34)c2[nH]1. The Morgan fingerprint density at radius 1 is 0.735 bits per heavy atom. The molecule has 2 aromatic carbocycles. The molecule has 0 aliphatic rings. The fourth-order valence-corrected chi connectivity index (χ4v) is 5.54. The number of ether oxygens (including phenoxy) is 2. The number of para-hydroxylation sites is 2. The van der Waals surface area contributed by atoms with Crippen LogP contribution in [0.25, 0.3) is 21.8 Å². The van der Waals surface area contributed by atoms with Gasteiger partial charge >= 0.3 is 11.9 Å². The molecule has 0 spiro atoms. The summed E-state index contributed by atoms with van der Waals surface area (Å²) < 4.78 is 9.46. The molecule has 34 heavy (non-hydrogen) atoms. The number of H-pyrrole nitrogens is 2. The van der Waals surface area contributed by atoms with Gasteiger partial charge in [-0.25, -0.2) is 9.59 Å². The van der Waals surface area contributed by atoms with E-state index < -0.39 is 11.9 Å². The lowest BCUT2D eigenvalue weighted by Gasteiger charge is -2.09. The van der Waals surface area contributed by atoms with Crippen molar-refractivity contribution in [2.24, 2.45) is 0 Å². The molecular formula is C24H20N2O6S2. The van der Waals surface area contributed by atoms with Gasteiger partial charge < -0.3 is 19.4 Å². The van der Waals surface area contributed by atoms with Crippen LogP contribution >= 0.6 is 23.5 Å². The summed E-state index contributed by atoms with van der Waals surface area (Å²) in [6.07, 6.45) is 0. The highest BCUT2D eigenvalue weighted by molar-refractivity contribution is 8.03. The van der Waals surface area contributed by atoms with Crippen molar-refractivity contribution in [1.29, 1.82) is 0 Å². The minimum absolute atomic E-state index is 0.101. The number of pyridine rings is 2. The Morgan fingerprint density at radius 3 is 1.53 bits per heavy atom. The van der Waals surface area contributed by atoms with Crippen LogP contribution in [0.3, 0.4) is 0 Å². The molecule has 0 aliphatic carbocycles. The first kappa shape index (κ1) is 23.7. The molecule has 0 radical (unpaired) electrons. The quantitative estimate of drug-likeness (QED) is 0.225. The summed E-state index contributed by atoms with van der Waals surface area (Å²) >= 11 is 3.07. The molecule has 0 saturated heterocycles. The Balaban J connectivity index is 1.55. The van der Waals surface area contributed by atoms with Crippen LogP contribution in [0, 0.1) is 0 Å². The summed E-state index contributed by atoms with van der Waals surface area (Å²) in [6.45, 7) is 0. The summed E-state index contributed by atoms with van der Waals surface area (Å²) in [7, 11) is 2.52. The van der Waals surface area contributed by atoms with E-state index >= 15 is 0 Å². The van der Waals surface area contributed by atoms with Crippen LogP contribution in [0.2, 0.25) is 0 Å². The third-order valence-electron chi connectivity index (χ3n) is 5.06. The summed E-state index contributed by atoms with van der Waals surface area (Å²) in [6, 6.07) is 13.3. The largest absolute Gasteiger partial charge is 0.464 e. The van der Waals surface area contributed by atoms with Gasteiger partial charge in [0.05, 0.1) is 25.3 Å². The average molecular weight is 497 g/mol. The fourth-order valence-electron chi connectivity index (χ4n) is 3.47. The van der Waals surface area contributed by atoms with Gasteiger partial charge in [0.15, 0.2) is 10.9 Å². The number of methoxy groups -OCH3 is 2. The van der Waals surface area contributed by atoms with Crippen LogP contribution in [0.1, 0.15) is 21.0 Å². The molecule has 8 nitrogen and oxygen atoms in total. The van der Waals surface area contributed by atoms with Gasteiger partial charge in [0.2, 0.25) is 0 Å². The molecule has 4 rings (SSSR count). The van der Waals surface area contributed by atoms with E-state index in [0.29, 0.717) is 33.3 Å². The molecule has 0 atom stereocenters. The smallest absolute Gasteiger partial charge is 0.354 e. The van der Waals surface area contributed by atoms with E-state index in [1.165, 1.54) is 49.9 Å². The maximum Gasteiger partial charge on any atom is 0.354 e. The van der Waals surface area contributed by atoms with Gasteiger partial charge in [0, 0.05) is 44.2 Å². The van der Waals surface area contributed by atoms with Gasteiger partial charge in [-0.1, -0.05) is 12.1 Å². The number of hydrogen-bond acceptors (Lipinski definition) is 8. The standard InChI is InChI=1S/C24H20N2O6S2/c1-31-23(29)15-11-17(27)13-5-3-7-19(21(13)25-15)33-9-10-34-20-8-4-6-14-18(28)12-16(24(30)32-2)26-22(14)20/h3-8,11-12H,9-10H2,1-2H3,(H,25,27)(H,26,28). The molecule has 4 aromatic rings. The van der Waals surface area contributed by atoms with Crippen molar-refractivity contribution in [1.82, 2.24) is 9.97 Å². The lowest BCUT2D eigenvalue weighted by Crippen LogP contribution is -2.11. The first-order chi connectivity index (χ1) is 16.4. The fraction of sp³-hybridized carbons (Fsp3) is 0.167. The molecule has 0 aliphatic heterocycles. The number of carbonyl (C=O) groups excluding carboxylic acids is 2. The molecule has 0 amide bonds. The first-order valence-electron chi connectivity index (χ1n) is 10.2. The molecular weight excluding hydrogens is 476 g/mol. The highest BCUT2D eigenvalue weighted by Crippen LogP contribution is 2.30. The van der Waals surface area contributed by atoms with Crippen LogP contribution < -0.4 is 10.9 Å². The normalized spacial score (nSPS) is 11.0. The third kappa shape index (κ3) is 4.73. The topological polar surface area (TPSA) is 118 Å². The highest BCUT2D eigenvalue weighted by Gasteiger charge is 2.14. The van der Waals surface area contributed by atoms with Gasteiger partial charge in [-0.3, -0.25) is 9.59 Å². The minimum atomic E-state index is -0.606. The van der Waals surface area contributed by atoms with Crippen LogP contribution in [0.4, 0.5) is 0 Å². The molecule has 0 bridgehead atoms. The van der Waals surface area contributed by atoms with E-state index in [-0.39, 0.29) is 22.2 Å². The van der Waals surface area contributed by atoms with Gasteiger partial charge in [0.25, 0.3) is 0 Å². The number of rotatable bonds is 7. The predicted molar refractivity (Wildman–Crippen MR) is 133 cm³/mol. The molecule has 0 saturated carbocycles. The number of benzene rings is 2. The molecule has 10 heteroatoms. The average Bonchev–Trinajstić information content (AvgIpc) is 2.85. The van der Waals surface area contributed by atoms with Crippen molar-refractivity contribution in [3.05, 3.63) is 80.4 Å². The Morgan fingerprint density at radius 2 is 1.15 bits per heavy atom. The molecule has 2 N–H and O–H groups in total. The first-order valence-corrected chi connectivity index (χ1v) is 12.1. The summed E-state index contributed by atoms with van der Waals surface area (Å²) in [5, 5.41) is 0.986. The number of nitrogens with one attached hydrogen (secondary N) is 2. The number of hydrogen-bond donors (Lipinski definition) is 2. The number of thioether (sulfide) groups is 2. The number of esters is 2. The van der Waals surface area contributed by atoms with E-state index in [4.69, 9.17) is 9.47 Å². The van der Waals surface area contributed by atoms with Crippen molar-refractivity contribution in [2.45, 2.75) is 9.79 Å². The van der Waals surface area contributed by atoms with Crippen LogP contribution in [-0.2, 0) is 9.47 Å². The van der Waals surface area contributed by atoms with Crippen molar-refractivity contribution in [2.75, 3.05) is 25.7 Å². The maximum atomic E-state index is 12.4. The number of aromatic amines is 2. The second-order valence-electron chi connectivity index (χ2n) is 7.13. The van der Waals surface area contributed by atoms with Crippen molar-refractivity contribution >= 4 is 57.3 Å². The zero-order valence-electron chi connectivity index (χ0n) is 18.3. The van der Waals surface area contributed by atoms with Gasteiger partial charge in [-0.05, 0) is 24.3 Å². The second kappa shape index (κ2) is 10.2. The zero-order chi connectivity index (χ0) is 24.2. The molecule has 0 unspecified atom stereocenters. The Bertz CT molecular complexity index is 1410. The lowest BCUT2D eigenvalue weighted by atomic mass is 10.2. The van der Waals surface area contributed by atoms with E-state index in [1.54, 1.807) is 24.3 Å². The Hall–Kier alpha value is -3.50. The van der Waals surface area contributed by atoms with Crippen LogP contribution in [0.5, 0.6) is 0 Å². The van der Waals surface area contributed by atoms with E-state index in [2.05, 4.69) is 9.97 Å². The summed E-state index contributed by atoms with van der Waals surface area (Å²) in [5.74, 6) is 0.160. The maximum absolute atomic E-state index is 12.4.